The van der Waals surface area contributed by atoms with E-state index in [1.165, 1.54) is 12.1 Å². The van der Waals surface area contributed by atoms with E-state index in [4.69, 9.17) is 21.3 Å². The molecule has 5 aromatic rings. The number of carbonyl (C=O) groups is 1. The number of aryl methyl sites for hydroxylation is 2. The van der Waals surface area contributed by atoms with E-state index in [1.54, 1.807) is 53.1 Å². The van der Waals surface area contributed by atoms with E-state index in [2.05, 4.69) is 11.6 Å². The number of ether oxygens (including phenoxy) is 1. The summed E-state index contributed by atoms with van der Waals surface area (Å²) in [7, 11) is -3.97. The van der Waals surface area contributed by atoms with Crippen molar-refractivity contribution in [3.63, 3.8) is 0 Å². The molecule has 0 saturated carbocycles. The molecule has 8 nitrogen and oxygen atoms in total. The van der Waals surface area contributed by atoms with Crippen molar-refractivity contribution in [3.05, 3.63) is 147 Å². The second-order valence-electron chi connectivity index (χ2n) is 10.8. The molecule has 0 atom stereocenters. The third kappa shape index (κ3) is 7.73. The van der Waals surface area contributed by atoms with Gasteiger partial charge in [0.25, 0.3) is 21.5 Å². The number of hydrogen-bond donors (Lipinski definition) is 1. The van der Waals surface area contributed by atoms with Gasteiger partial charge < -0.3 is 4.74 Å². The average molecular weight is 656 g/mol. The van der Waals surface area contributed by atoms with Crippen molar-refractivity contribution < 1.29 is 17.9 Å². The lowest BCUT2D eigenvalue weighted by Crippen LogP contribution is -2.30. The average Bonchev–Trinajstić information content (AvgIpc) is 3.06. The number of unbranched alkanes of at least 4 members (excludes halogenated alkanes) is 1. The van der Waals surface area contributed by atoms with E-state index in [9.17, 15) is 18.0 Å². The van der Waals surface area contributed by atoms with Crippen molar-refractivity contribution in [1.82, 2.24) is 14.3 Å². The molecule has 0 aliphatic rings. The summed E-state index contributed by atoms with van der Waals surface area (Å²) in [5.74, 6) is 0.666. The molecule has 4 aromatic carbocycles. The Bertz CT molecular complexity index is 1990. The Balaban J connectivity index is 1.26. The monoisotopic (exact) mass is 655 g/mol. The molecule has 1 heterocycles. The highest BCUT2D eigenvalue weighted by molar-refractivity contribution is 7.90. The molecule has 1 amide bonds. The van der Waals surface area contributed by atoms with Crippen molar-refractivity contribution in [1.29, 1.82) is 0 Å². The second-order valence-corrected chi connectivity index (χ2v) is 12.9. The lowest BCUT2D eigenvalue weighted by atomic mass is 10.0. The van der Waals surface area contributed by atoms with E-state index < -0.39 is 15.9 Å². The maximum atomic E-state index is 13.8. The molecule has 10 heteroatoms. The summed E-state index contributed by atoms with van der Waals surface area (Å²) in [5, 5.41) is 0.507. The maximum absolute atomic E-state index is 13.8. The number of rotatable bonds is 12. The van der Waals surface area contributed by atoms with Crippen LogP contribution in [0.25, 0.3) is 11.1 Å². The molecule has 1 N–H and O–H groups in total. The molecule has 0 unspecified atom stereocenters. The highest BCUT2D eigenvalue weighted by atomic mass is 35.5. The fraction of sp³-hybridized carbons (Fsp3) is 0.194. The first-order valence-corrected chi connectivity index (χ1v) is 16.8. The van der Waals surface area contributed by atoms with Crippen LogP contribution in [0.5, 0.6) is 5.75 Å². The molecule has 0 aliphatic heterocycles. The number of carbonyl (C=O) groups excluding carboxylic acids is 1. The summed E-state index contributed by atoms with van der Waals surface area (Å²) in [6, 6.07) is 29.1. The molecule has 46 heavy (non-hydrogen) atoms. The topological polar surface area (TPSA) is 107 Å². The Morgan fingerprint density at radius 1 is 0.891 bits per heavy atom. The third-order valence-corrected chi connectivity index (χ3v) is 9.17. The van der Waals surface area contributed by atoms with E-state index >= 15 is 0 Å². The van der Waals surface area contributed by atoms with Gasteiger partial charge in [0.15, 0.2) is 0 Å². The molecule has 0 spiro atoms. The molecule has 0 saturated heterocycles. The molecule has 5 rings (SSSR count). The van der Waals surface area contributed by atoms with E-state index in [1.807, 2.05) is 49.4 Å². The number of nitrogens with zero attached hydrogens (tertiary/aromatic N) is 2. The molecule has 0 aliphatic carbocycles. The van der Waals surface area contributed by atoms with E-state index in [0.717, 1.165) is 29.8 Å². The van der Waals surface area contributed by atoms with Gasteiger partial charge in [0.2, 0.25) is 0 Å². The van der Waals surface area contributed by atoms with Crippen molar-refractivity contribution in [3.8, 4) is 16.9 Å². The van der Waals surface area contributed by atoms with E-state index in [0.29, 0.717) is 40.6 Å². The molecule has 0 radical (unpaired) electrons. The van der Waals surface area contributed by atoms with Gasteiger partial charge >= 0.3 is 0 Å². The summed E-state index contributed by atoms with van der Waals surface area (Å²) in [6.07, 6.45) is 2.60. The maximum Gasteiger partial charge on any atom is 0.264 e. The third-order valence-electron chi connectivity index (χ3n) is 7.49. The quantitative estimate of drug-likeness (QED) is 0.156. The highest BCUT2D eigenvalue weighted by Crippen LogP contribution is 2.27. The minimum Gasteiger partial charge on any atom is -0.489 e. The smallest absolute Gasteiger partial charge is 0.264 e. The van der Waals surface area contributed by atoms with Gasteiger partial charge in [-0.05, 0) is 66.9 Å². The molecule has 1 aromatic heterocycles. The number of halogens is 1. The van der Waals surface area contributed by atoms with Gasteiger partial charge in [-0.3, -0.25) is 14.2 Å². The van der Waals surface area contributed by atoms with Crippen LogP contribution in [0.4, 0.5) is 0 Å². The van der Waals surface area contributed by atoms with Crippen molar-refractivity contribution in [2.45, 2.75) is 51.2 Å². The standard InChI is InChI=1S/C36H34ClN3O5S/c1-3-4-14-33-38-25(2)34(31-12-8-9-13-32(31)37)36(42)40(33)23-26-17-21-29(22-18-26)45-24-27-15-19-28(20-16-27)35(41)39-46(43,44)30-10-6-5-7-11-30/h5-13,15-22H,3-4,14,23-24H2,1-2H3,(H,39,41). The first-order chi connectivity index (χ1) is 22.2. The van der Waals surface area contributed by atoms with Crippen LogP contribution in [-0.4, -0.2) is 23.9 Å². The zero-order valence-electron chi connectivity index (χ0n) is 25.6. The number of amides is 1. The Morgan fingerprint density at radius 3 is 2.22 bits per heavy atom. The predicted octanol–water partition coefficient (Wildman–Crippen LogP) is 6.96. The lowest BCUT2D eigenvalue weighted by Gasteiger charge is -2.17. The molecular formula is C36H34ClN3O5S. The number of hydrogen-bond acceptors (Lipinski definition) is 6. The Hall–Kier alpha value is -4.73. The van der Waals surface area contributed by atoms with Crippen molar-refractivity contribution >= 4 is 27.5 Å². The normalized spacial score (nSPS) is 11.3. The van der Waals surface area contributed by atoms with E-state index in [-0.39, 0.29) is 22.6 Å². The van der Waals surface area contributed by atoms with Crippen LogP contribution in [0.1, 0.15) is 52.8 Å². The fourth-order valence-electron chi connectivity index (χ4n) is 5.01. The zero-order valence-corrected chi connectivity index (χ0v) is 27.1. The lowest BCUT2D eigenvalue weighted by molar-refractivity contribution is 0.0981. The second kappa shape index (κ2) is 14.6. The molecule has 0 fully saturated rings. The summed E-state index contributed by atoms with van der Waals surface area (Å²) in [4.78, 5) is 31.2. The van der Waals surface area contributed by atoms with Gasteiger partial charge in [0, 0.05) is 22.6 Å². The van der Waals surface area contributed by atoms with Crippen LogP contribution >= 0.6 is 11.6 Å². The van der Waals surface area contributed by atoms with Crippen LogP contribution in [0.2, 0.25) is 5.02 Å². The van der Waals surface area contributed by atoms with Crippen LogP contribution in [-0.2, 0) is 29.6 Å². The molecule has 236 valence electrons. The number of sulfonamides is 1. The highest BCUT2D eigenvalue weighted by Gasteiger charge is 2.19. The fourth-order valence-corrected chi connectivity index (χ4v) is 6.24. The van der Waals surface area contributed by atoms with Crippen LogP contribution in [0, 0.1) is 6.92 Å². The Morgan fingerprint density at radius 2 is 1.54 bits per heavy atom. The summed E-state index contributed by atoms with van der Waals surface area (Å²) < 4.78 is 34.7. The van der Waals surface area contributed by atoms with Gasteiger partial charge in [-0.25, -0.2) is 18.1 Å². The van der Waals surface area contributed by atoms with Gasteiger partial charge in [-0.1, -0.05) is 85.6 Å². The summed E-state index contributed by atoms with van der Waals surface area (Å²) in [6.45, 7) is 4.56. The number of benzene rings is 4. The Kier molecular flexibility index (Phi) is 10.3. The number of aromatic nitrogens is 2. The van der Waals surface area contributed by atoms with Gasteiger partial charge in [-0.2, -0.15) is 0 Å². The first kappa shape index (κ1) is 32.7. The van der Waals surface area contributed by atoms with Crippen LogP contribution < -0.4 is 15.0 Å². The minimum absolute atomic E-state index is 0.0146. The predicted molar refractivity (Wildman–Crippen MR) is 180 cm³/mol. The van der Waals surface area contributed by atoms with Crippen molar-refractivity contribution in [2.75, 3.05) is 0 Å². The van der Waals surface area contributed by atoms with Crippen LogP contribution in [0.15, 0.2) is 113 Å². The van der Waals surface area contributed by atoms with Gasteiger partial charge in [0.05, 0.1) is 22.7 Å². The summed E-state index contributed by atoms with van der Waals surface area (Å²) >= 11 is 6.47. The number of nitrogens with one attached hydrogen (secondary N) is 1. The Labute approximate surface area is 273 Å². The van der Waals surface area contributed by atoms with Gasteiger partial charge in [0.1, 0.15) is 18.2 Å². The molecule has 0 bridgehead atoms. The minimum atomic E-state index is -3.97. The molecular weight excluding hydrogens is 622 g/mol. The van der Waals surface area contributed by atoms with Gasteiger partial charge in [-0.15, -0.1) is 0 Å². The van der Waals surface area contributed by atoms with Crippen molar-refractivity contribution in [2.24, 2.45) is 0 Å². The summed E-state index contributed by atoms with van der Waals surface area (Å²) in [5.41, 5.74) is 3.65. The van der Waals surface area contributed by atoms with Crippen LogP contribution in [0.3, 0.4) is 0 Å². The largest absolute Gasteiger partial charge is 0.489 e. The first-order valence-electron chi connectivity index (χ1n) is 14.9. The SMILES string of the molecule is CCCCc1nc(C)c(-c2ccccc2Cl)c(=O)n1Cc1ccc(OCc2ccc(C(=O)NS(=O)(=O)c3ccccc3)cc2)cc1. The zero-order chi connectivity index (χ0) is 32.7.